The van der Waals surface area contributed by atoms with Gasteiger partial charge < -0.3 is 4.90 Å². The SMILES string of the molecule is Cc1cccc(C(=O)N(Cc2ccccc2)C(F)CCc2ccccc2)c1. The molecule has 0 heterocycles. The van der Waals surface area contributed by atoms with Crippen LogP contribution in [-0.4, -0.2) is 17.1 Å². The maximum Gasteiger partial charge on any atom is 0.256 e. The maximum atomic E-state index is 15.2. The first-order valence-electron chi connectivity index (χ1n) is 9.23. The van der Waals surface area contributed by atoms with Gasteiger partial charge in [-0.2, -0.15) is 0 Å². The number of amides is 1. The summed E-state index contributed by atoms with van der Waals surface area (Å²) < 4.78 is 15.2. The van der Waals surface area contributed by atoms with E-state index in [1.54, 1.807) is 6.07 Å². The van der Waals surface area contributed by atoms with Gasteiger partial charge in [0.2, 0.25) is 0 Å². The molecular formula is C24H24FNO. The van der Waals surface area contributed by atoms with E-state index in [2.05, 4.69) is 0 Å². The first-order valence-corrected chi connectivity index (χ1v) is 9.23. The summed E-state index contributed by atoms with van der Waals surface area (Å²) in [5, 5.41) is 0. The molecule has 1 unspecified atom stereocenters. The van der Waals surface area contributed by atoms with Crippen LogP contribution < -0.4 is 0 Å². The average Bonchev–Trinajstić information content (AvgIpc) is 2.71. The highest BCUT2D eigenvalue weighted by molar-refractivity contribution is 5.94. The van der Waals surface area contributed by atoms with Gasteiger partial charge in [-0.3, -0.25) is 4.79 Å². The van der Waals surface area contributed by atoms with Crippen LogP contribution in [0.3, 0.4) is 0 Å². The molecule has 2 nitrogen and oxygen atoms in total. The van der Waals surface area contributed by atoms with Crippen LogP contribution in [0.2, 0.25) is 0 Å². The van der Waals surface area contributed by atoms with E-state index < -0.39 is 6.30 Å². The minimum absolute atomic E-state index is 0.254. The molecule has 0 aliphatic heterocycles. The molecule has 1 atom stereocenters. The number of alkyl halides is 1. The summed E-state index contributed by atoms with van der Waals surface area (Å²) in [6.07, 6.45) is -0.485. The Hall–Kier alpha value is -2.94. The predicted octanol–water partition coefficient (Wildman–Crippen LogP) is 5.57. The average molecular weight is 361 g/mol. The zero-order chi connectivity index (χ0) is 19.1. The lowest BCUT2D eigenvalue weighted by atomic mass is 10.1. The van der Waals surface area contributed by atoms with Crippen LogP contribution in [0.15, 0.2) is 84.9 Å². The fraction of sp³-hybridized carbons (Fsp3) is 0.208. The Bertz CT molecular complexity index is 864. The molecule has 138 valence electrons. The van der Waals surface area contributed by atoms with Gasteiger partial charge in [0.05, 0.1) is 0 Å². The molecule has 3 heteroatoms. The molecule has 1 amide bonds. The monoisotopic (exact) mass is 361 g/mol. The van der Waals surface area contributed by atoms with Crippen molar-refractivity contribution in [3.05, 3.63) is 107 Å². The first kappa shape index (κ1) is 18.8. The van der Waals surface area contributed by atoms with E-state index in [4.69, 9.17) is 0 Å². The van der Waals surface area contributed by atoms with Gasteiger partial charge in [-0.25, -0.2) is 4.39 Å². The number of aryl methyl sites for hydroxylation is 2. The van der Waals surface area contributed by atoms with E-state index in [-0.39, 0.29) is 18.9 Å². The maximum absolute atomic E-state index is 15.2. The third-order valence-corrected chi connectivity index (χ3v) is 4.57. The van der Waals surface area contributed by atoms with Gasteiger partial charge in [0, 0.05) is 18.5 Å². The summed E-state index contributed by atoms with van der Waals surface area (Å²) in [7, 11) is 0. The highest BCUT2D eigenvalue weighted by Crippen LogP contribution is 2.19. The van der Waals surface area contributed by atoms with Crippen LogP contribution in [0.5, 0.6) is 0 Å². The summed E-state index contributed by atoms with van der Waals surface area (Å²) in [5.41, 5.74) is 3.50. The van der Waals surface area contributed by atoms with E-state index in [0.717, 1.165) is 16.7 Å². The van der Waals surface area contributed by atoms with Gasteiger partial charge in [-0.1, -0.05) is 78.4 Å². The van der Waals surface area contributed by atoms with Gasteiger partial charge in [0.25, 0.3) is 5.91 Å². The quantitative estimate of drug-likeness (QED) is 0.504. The van der Waals surface area contributed by atoms with Gasteiger partial charge >= 0.3 is 0 Å². The molecule has 0 saturated carbocycles. The van der Waals surface area contributed by atoms with Crippen LogP contribution in [0.4, 0.5) is 4.39 Å². The fourth-order valence-electron chi connectivity index (χ4n) is 3.11. The summed E-state index contributed by atoms with van der Waals surface area (Å²) in [6, 6.07) is 26.7. The lowest BCUT2D eigenvalue weighted by molar-refractivity contribution is 0.0406. The van der Waals surface area contributed by atoms with Crippen LogP contribution in [0, 0.1) is 6.92 Å². The number of benzene rings is 3. The summed E-state index contributed by atoms with van der Waals surface area (Å²) >= 11 is 0. The molecule has 3 aromatic rings. The third kappa shape index (κ3) is 5.27. The Morgan fingerprint density at radius 3 is 2.15 bits per heavy atom. The molecule has 0 spiro atoms. The zero-order valence-electron chi connectivity index (χ0n) is 15.5. The molecule has 0 aromatic heterocycles. The molecule has 0 aliphatic rings. The topological polar surface area (TPSA) is 20.3 Å². The molecule has 0 fully saturated rings. The molecule has 0 radical (unpaired) electrons. The Morgan fingerprint density at radius 2 is 1.52 bits per heavy atom. The Morgan fingerprint density at radius 1 is 0.889 bits per heavy atom. The molecule has 0 N–H and O–H groups in total. The number of rotatable bonds is 7. The Kier molecular flexibility index (Phi) is 6.37. The van der Waals surface area contributed by atoms with Crippen molar-refractivity contribution in [2.75, 3.05) is 0 Å². The van der Waals surface area contributed by atoms with Crippen molar-refractivity contribution in [2.45, 2.75) is 32.6 Å². The first-order chi connectivity index (χ1) is 13.1. The molecule has 27 heavy (non-hydrogen) atoms. The van der Waals surface area contributed by atoms with E-state index in [1.807, 2.05) is 85.8 Å². The van der Waals surface area contributed by atoms with Crippen molar-refractivity contribution < 1.29 is 9.18 Å². The van der Waals surface area contributed by atoms with Gasteiger partial charge in [0.1, 0.15) is 0 Å². The molecular weight excluding hydrogens is 337 g/mol. The highest BCUT2D eigenvalue weighted by atomic mass is 19.1. The Labute approximate surface area is 160 Å². The summed E-state index contributed by atoms with van der Waals surface area (Å²) in [6.45, 7) is 2.18. The third-order valence-electron chi connectivity index (χ3n) is 4.57. The minimum Gasteiger partial charge on any atom is -0.304 e. The Balaban J connectivity index is 1.79. The van der Waals surface area contributed by atoms with Crippen molar-refractivity contribution in [1.29, 1.82) is 0 Å². The van der Waals surface area contributed by atoms with Crippen molar-refractivity contribution in [1.82, 2.24) is 4.90 Å². The van der Waals surface area contributed by atoms with Crippen molar-refractivity contribution in [3.63, 3.8) is 0 Å². The number of hydrogen-bond donors (Lipinski definition) is 0. The second-order valence-electron chi connectivity index (χ2n) is 6.75. The molecule has 3 rings (SSSR count). The molecule has 0 aliphatic carbocycles. The highest BCUT2D eigenvalue weighted by Gasteiger charge is 2.24. The van der Waals surface area contributed by atoms with Crippen LogP contribution >= 0.6 is 0 Å². The predicted molar refractivity (Wildman–Crippen MR) is 107 cm³/mol. The van der Waals surface area contributed by atoms with Crippen molar-refractivity contribution in [3.8, 4) is 0 Å². The lowest BCUT2D eigenvalue weighted by Gasteiger charge is -2.27. The van der Waals surface area contributed by atoms with Crippen molar-refractivity contribution in [2.24, 2.45) is 0 Å². The number of nitrogens with zero attached hydrogens (tertiary/aromatic N) is 1. The molecule has 3 aromatic carbocycles. The number of halogens is 1. The number of hydrogen-bond acceptors (Lipinski definition) is 1. The second-order valence-corrected chi connectivity index (χ2v) is 6.75. The van der Waals surface area contributed by atoms with Gasteiger partial charge in [-0.15, -0.1) is 0 Å². The van der Waals surface area contributed by atoms with Gasteiger partial charge in [-0.05, 0) is 36.6 Å². The summed E-state index contributed by atoms with van der Waals surface area (Å²) in [5.74, 6) is -0.275. The fourth-order valence-corrected chi connectivity index (χ4v) is 3.11. The largest absolute Gasteiger partial charge is 0.304 e. The van der Waals surface area contributed by atoms with Gasteiger partial charge in [0.15, 0.2) is 6.30 Å². The molecule has 0 saturated heterocycles. The van der Waals surface area contributed by atoms with Crippen LogP contribution in [-0.2, 0) is 13.0 Å². The molecule has 0 bridgehead atoms. The zero-order valence-corrected chi connectivity index (χ0v) is 15.5. The van der Waals surface area contributed by atoms with E-state index in [9.17, 15) is 4.79 Å². The lowest BCUT2D eigenvalue weighted by Crippen LogP contribution is -2.37. The van der Waals surface area contributed by atoms with Crippen molar-refractivity contribution >= 4 is 5.91 Å². The smallest absolute Gasteiger partial charge is 0.256 e. The summed E-state index contributed by atoms with van der Waals surface area (Å²) in [4.78, 5) is 14.4. The van der Waals surface area contributed by atoms with Crippen LogP contribution in [0.25, 0.3) is 0 Å². The normalized spacial score (nSPS) is 11.8. The number of carbonyl (C=O) groups is 1. The van der Waals surface area contributed by atoms with E-state index in [0.29, 0.717) is 12.0 Å². The number of carbonyl (C=O) groups excluding carboxylic acids is 1. The minimum atomic E-state index is -1.35. The van der Waals surface area contributed by atoms with Crippen LogP contribution in [0.1, 0.15) is 33.5 Å². The van der Waals surface area contributed by atoms with E-state index in [1.165, 1.54) is 4.90 Å². The standard InChI is InChI=1S/C24H24FNO/c1-19-9-8-14-22(17-19)24(27)26(18-21-12-6-3-7-13-21)23(25)16-15-20-10-4-2-5-11-20/h2-14,17,23H,15-16,18H2,1H3. The second kappa shape index (κ2) is 9.13. The van der Waals surface area contributed by atoms with E-state index >= 15 is 4.39 Å².